The van der Waals surface area contributed by atoms with E-state index in [2.05, 4.69) is 4.98 Å². The molecule has 0 bridgehead atoms. The van der Waals surface area contributed by atoms with E-state index in [-0.39, 0.29) is 17.4 Å². The molecule has 0 radical (unpaired) electrons. The predicted octanol–water partition coefficient (Wildman–Crippen LogP) is 1.89. The number of hydrogen-bond acceptors (Lipinski definition) is 7. The van der Waals surface area contributed by atoms with Crippen LogP contribution in [0.3, 0.4) is 0 Å². The van der Waals surface area contributed by atoms with Crippen LogP contribution in [0.1, 0.15) is 40.0 Å². The fourth-order valence-corrected chi connectivity index (χ4v) is 4.49. The lowest BCUT2D eigenvalue weighted by Crippen LogP contribution is -2.31. The first-order valence-corrected chi connectivity index (χ1v) is 9.67. The third kappa shape index (κ3) is 4.18. The highest BCUT2D eigenvalue weighted by Crippen LogP contribution is 2.26. The van der Waals surface area contributed by atoms with Gasteiger partial charge in [0.1, 0.15) is 12.0 Å². The number of thiophene rings is 1. The van der Waals surface area contributed by atoms with Crippen molar-refractivity contribution in [2.24, 2.45) is 0 Å². The Morgan fingerprint density at radius 3 is 2.87 bits per heavy atom. The first-order chi connectivity index (χ1) is 11.0. The summed E-state index contributed by atoms with van der Waals surface area (Å²) in [5, 5.41) is 1.78. The van der Waals surface area contributed by atoms with Crippen LogP contribution in [-0.2, 0) is 20.5 Å². The monoisotopic (exact) mass is 356 g/mol. The highest BCUT2D eigenvalue weighted by Gasteiger charge is 2.24. The molecule has 1 fully saturated rings. The lowest BCUT2D eigenvalue weighted by molar-refractivity contribution is 0.0794. The Hall–Kier alpha value is -1.71. The zero-order chi connectivity index (χ0) is 16.3. The minimum Gasteiger partial charge on any atom is -0.448 e. The van der Waals surface area contributed by atoms with Crippen molar-refractivity contribution in [1.82, 2.24) is 9.71 Å². The van der Waals surface area contributed by atoms with Gasteiger partial charge in [-0.25, -0.2) is 18.1 Å². The zero-order valence-corrected chi connectivity index (χ0v) is 13.9. The Balaban J connectivity index is 1.65. The summed E-state index contributed by atoms with van der Waals surface area (Å²) in [6, 6.07) is 3.46. The summed E-state index contributed by atoms with van der Waals surface area (Å²) < 4.78 is 36.6. The molecular formula is C14H16N2O5S2. The van der Waals surface area contributed by atoms with Crippen molar-refractivity contribution in [3.05, 3.63) is 40.2 Å². The second kappa shape index (κ2) is 6.81. The van der Waals surface area contributed by atoms with Crippen LogP contribution in [0.15, 0.2) is 28.2 Å². The summed E-state index contributed by atoms with van der Waals surface area (Å²) in [6.45, 7) is 1.26. The summed E-state index contributed by atoms with van der Waals surface area (Å²) in [4.78, 5) is 16.8. The van der Waals surface area contributed by atoms with Gasteiger partial charge in [-0.1, -0.05) is 6.07 Å². The average Bonchev–Trinajstić information content (AvgIpc) is 3.18. The average molecular weight is 356 g/mol. The number of oxazole rings is 1. The maximum atomic E-state index is 12.1. The zero-order valence-electron chi connectivity index (χ0n) is 12.2. The SMILES string of the molecule is O=C(NS(=O)(=O)Cc1cccs1)c1coc(C2CCOCC2)n1. The smallest absolute Gasteiger partial charge is 0.286 e. The summed E-state index contributed by atoms with van der Waals surface area (Å²) in [6.07, 6.45) is 2.75. The highest BCUT2D eigenvalue weighted by atomic mass is 32.2. The number of sulfonamides is 1. The molecule has 0 saturated carbocycles. The van der Waals surface area contributed by atoms with Gasteiger partial charge in [0.05, 0.1) is 0 Å². The van der Waals surface area contributed by atoms with E-state index in [9.17, 15) is 13.2 Å². The molecule has 7 nitrogen and oxygen atoms in total. The molecule has 1 saturated heterocycles. The number of carbonyl (C=O) groups excluding carboxylic acids is 1. The van der Waals surface area contributed by atoms with Gasteiger partial charge in [0.25, 0.3) is 5.91 Å². The fraction of sp³-hybridized carbons (Fsp3) is 0.429. The standard InChI is InChI=1S/C14H16N2O5S2/c17-13(16-23(18,19)9-11-2-1-7-22-11)12-8-21-14(15-12)10-3-5-20-6-4-10/h1-2,7-8,10H,3-6,9H2,(H,16,17). The molecule has 1 N–H and O–H groups in total. The van der Waals surface area contributed by atoms with E-state index in [1.54, 1.807) is 17.5 Å². The Bertz CT molecular complexity index is 761. The molecule has 2 aromatic heterocycles. The van der Waals surface area contributed by atoms with E-state index in [0.717, 1.165) is 12.8 Å². The van der Waals surface area contributed by atoms with Crippen LogP contribution >= 0.6 is 11.3 Å². The lowest BCUT2D eigenvalue weighted by Gasteiger charge is -2.18. The molecule has 0 unspecified atom stereocenters. The van der Waals surface area contributed by atoms with Crippen LogP contribution in [0.5, 0.6) is 0 Å². The predicted molar refractivity (Wildman–Crippen MR) is 83.7 cm³/mol. The molecule has 2 aromatic rings. The van der Waals surface area contributed by atoms with Crippen molar-refractivity contribution in [2.45, 2.75) is 24.5 Å². The van der Waals surface area contributed by atoms with Crippen molar-refractivity contribution in [2.75, 3.05) is 13.2 Å². The second-order valence-electron chi connectivity index (χ2n) is 5.23. The van der Waals surface area contributed by atoms with Crippen LogP contribution in [0.25, 0.3) is 0 Å². The van der Waals surface area contributed by atoms with Gasteiger partial charge in [0.15, 0.2) is 11.6 Å². The molecule has 124 valence electrons. The summed E-state index contributed by atoms with van der Waals surface area (Å²) >= 11 is 1.32. The van der Waals surface area contributed by atoms with Crippen LogP contribution in [0, 0.1) is 0 Å². The van der Waals surface area contributed by atoms with Crippen LogP contribution in [0.4, 0.5) is 0 Å². The Labute approximate surface area is 137 Å². The maximum absolute atomic E-state index is 12.1. The molecule has 0 spiro atoms. The third-order valence-electron chi connectivity index (χ3n) is 3.49. The first kappa shape index (κ1) is 16.2. The minimum atomic E-state index is -3.76. The minimum absolute atomic E-state index is 0.0266. The molecule has 1 aliphatic rings. The van der Waals surface area contributed by atoms with Crippen molar-refractivity contribution < 1.29 is 22.4 Å². The lowest BCUT2D eigenvalue weighted by atomic mass is 10.0. The van der Waals surface area contributed by atoms with Crippen molar-refractivity contribution in [3.63, 3.8) is 0 Å². The summed E-state index contributed by atoms with van der Waals surface area (Å²) in [5.74, 6) is -0.452. The molecule has 1 amide bonds. The highest BCUT2D eigenvalue weighted by molar-refractivity contribution is 7.89. The number of nitrogens with one attached hydrogen (secondary N) is 1. The molecular weight excluding hydrogens is 340 g/mol. The van der Waals surface area contributed by atoms with E-state index in [1.807, 2.05) is 4.72 Å². The van der Waals surface area contributed by atoms with Crippen molar-refractivity contribution in [1.29, 1.82) is 0 Å². The third-order valence-corrected chi connectivity index (χ3v) is 5.73. The quantitative estimate of drug-likeness (QED) is 0.878. The second-order valence-corrected chi connectivity index (χ2v) is 7.98. The molecule has 0 aromatic carbocycles. The van der Waals surface area contributed by atoms with Crippen LogP contribution in [-0.4, -0.2) is 32.5 Å². The summed E-state index contributed by atoms with van der Waals surface area (Å²) in [7, 11) is -3.76. The van der Waals surface area contributed by atoms with E-state index >= 15 is 0 Å². The van der Waals surface area contributed by atoms with Gasteiger partial charge < -0.3 is 9.15 Å². The van der Waals surface area contributed by atoms with Crippen LogP contribution in [0.2, 0.25) is 0 Å². The van der Waals surface area contributed by atoms with Gasteiger partial charge in [-0.15, -0.1) is 11.3 Å². The molecule has 3 rings (SSSR count). The Kier molecular flexibility index (Phi) is 4.79. The number of aromatic nitrogens is 1. The summed E-state index contributed by atoms with van der Waals surface area (Å²) in [5.41, 5.74) is -0.0266. The van der Waals surface area contributed by atoms with Gasteiger partial charge in [-0.2, -0.15) is 0 Å². The van der Waals surface area contributed by atoms with Crippen molar-refractivity contribution in [3.8, 4) is 0 Å². The Morgan fingerprint density at radius 1 is 1.39 bits per heavy atom. The van der Waals surface area contributed by atoms with E-state index in [0.29, 0.717) is 24.0 Å². The van der Waals surface area contributed by atoms with Gasteiger partial charge >= 0.3 is 0 Å². The van der Waals surface area contributed by atoms with E-state index in [1.165, 1.54) is 17.6 Å². The maximum Gasteiger partial charge on any atom is 0.286 e. The number of carbonyl (C=O) groups is 1. The number of rotatable bonds is 5. The van der Waals surface area contributed by atoms with E-state index < -0.39 is 15.9 Å². The Morgan fingerprint density at radius 2 is 2.17 bits per heavy atom. The van der Waals surface area contributed by atoms with Gasteiger partial charge in [0.2, 0.25) is 10.0 Å². The molecule has 9 heteroatoms. The molecule has 23 heavy (non-hydrogen) atoms. The van der Waals surface area contributed by atoms with Gasteiger partial charge in [0, 0.05) is 24.0 Å². The number of amides is 1. The number of ether oxygens (including phenoxy) is 1. The molecule has 0 atom stereocenters. The largest absolute Gasteiger partial charge is 0.448 e. The van der Waals surface area contributed by atoms with Gasteiger partial charge in [-0.3, -0.25) is 4.79 Å². The molecule has 0 aliphatic carbocycles. The fourth-order valence-electron chi connectivity index (χ4n) is 2.34. The number of nitrogens with zero attached hydrogens (tertiary/aromatic N) is 1. The van der Waals surface area contributed by atoms with Crippen LogP contribution < -0.4 is 4.72 Å². The van der Waals surface area contributed by atoms with Crippen molar-refractivity contribution >= 4 is 27.3 Å². The van der Waals surface area contributed by atoms with Gasteiger partial charge in [-0.05, 0) is 24.3 Å². The topological polar surface area (TPSA) is 98.5 Å². The molecule has 3 heterocycles. The van der Waals surface area contributed by atoms with E-state index in [4.69, 9.17) is 9.15 Å². The molecule has 1 aliphatic heterocycles. The normalized spacial score (nSPS) is 16.3. The first-order valence-electron chi connectivity index (χ1n) is 7.14. The number of hydrogen-bond donors (Lipinski definition) is 1.